The van der Waals surface area contributed by atoms with Crippen molar-refractivity contribution in [3.05, 3.63) is 51.5 Å². The molecule has 0 aliphatic carbocycles. The average Bonchev–Trinajstić information content (AvgIpc) is 2.86. The Labute approximate surface area is 127 Å². The van der Waals surface area contributed by atoms with Gasteiger partial charge in [0.25, 0.3) is 0 Å². The van der Waals surface area contributed by atoms with E-state index in [0.717, 1.165) is 28.1 Å². The molecule has 0 atom stereocenters. The summed E-state index contributed by atoms with van der Waals surface area (Å²) in [5.41, 5.74) is 4.73. The van der Waals surface area contributed by atoms with Crippen molar-refractivity contribution in [2.75, 3.05) is 12.1 Å². The number of hydrogen-bond acceptors (Lipinski definition) is 3. The quantitative estimate of drug-likeness (QED) is 0.902. The van der Waals surface area contributed by atoms with E-state index in [-0.39, 0.29) is 0 Å². The molecule has 1 N–H and O–H groups in total. The van der Waals surface area contributed by atoms with Gasteiger partial charge >= 0.3 is 0 Å². The van der Waals surface area contributed by atoms with Crippen molar-refractivity contribution in [3.8, 4) is 11.5 Å². The van der Waals surface area contributed by atoms with E-state index in [1.807, 2.05) is 12.1 Å². The van der Waals surface area contributed by atoms with Crippen LogP contribution in [0.25, 0.3) is 0 Å². The summed E-state index contributed by atoms with van der Waals surface area (Å²) in [6, 6.07) is 10.2. The zero-order valence-electron chi connectivity index (χ0n) is 11.5. The molecule has 0 fully saturated rings. The molecule has 0 amide bonds. The summed E-state index contributed by atoms with van der Waals surface area (Å²) >= 11 is 3.52. The van der Waals surface area contributed by atoms with Crippen LogP contribution in [0.2, 0.25) is 0 Å². The summed E-state index contributed by atoms with van der Waals surface area (Å²) in [4.78, 5) is 0. The molecule has 3 nitrogen and oxygen atoms in total. The van der Waals surface area contributed by atoms with Crippen molar-refractivity contribution in [2.24, 2.45) is 0 Å². The van der Waals surface area contributed by atoms with Gasteiger partial charge in [0.05, 0.1) is 0 Å². The number of nitrogens with one attached hydrogen (secondary N) is 1. The molecule has 0 radical (unpaired) electrons. The van der Waals surface area contributed by atoms with E-state index < -0.39 is 0 Å². The lowest BCUT2D eigenvalue weighted by Crippen LogP contribution is -2.04. The molecule has 0 bridgehead atoms. The average molecular weight is 334 g/mol. The number of ether oxygens (including phenoxy) is 2. The fourth-order valence-electron chi connectivity index (χ4n) is 2.50. The van der Waals surface area contributed by atoms with Crippen LogP contribution in [0, 0.1) is 13.8 Å². The minimum Gasteiger partial charge on any atom is -0.454 e. The molecule has 2 aromatic rings. The van der Waals surface area contributed by atoms with E-state index in [0.29, 0.717) is 6.79 Å². The molecule has 0 spiro atoms. The topological polar surface area (TPSA) is 30.5 Å². The molecule has 0 saturated heterocycles. The van der Waals surface area contributed by atoms with E-state index in [1.54, 1.807) is 0 Å². The number of halogens is 1. The highest BCUT2D eigenvalue weighted by Gasteiger charge is 2.17. The molecule has 0 saturated carbocycles. The number of rotatable bonds is 3. The minimum atomic E-state index is 0.308. The summed E-state index contributed by atoms with van der Waals surface area (Å²) in [6.45, 7) is 5.24. The van der Waals surface area contributed by atoms with Crippen LogP contribution < -0.4 is 14.8 Å². The number of hydrogen-bond donors (Lipinski definition) is 1. The van der Waals surface area contributed by atoms with Gasteiger partial charge in [-0.1, -0.05) is 28.1 Å². The molecule has 1 heterocycles. The van der Waals surface area contributed by atoms with Crippen LogP contribution in [0.15, 0.2) is 34.8 Å². The molecule has 0 unspecified atom stereocenters. The Bertz CT molecular complexity index is 632. The summed E-state index contributed by atoms with van der Waals surface area (Å²) in [5, 5.41) is 3.50. The lowest BCUT2D eigenvalue weighted by atomic mass is 10.1. The summed E-state index contributed by atoms with van der Waals surface area (Å²) in [5.74, 6) is 1.68. The van der Waals surface area contributed by atoms with Crippen molar-refractivity contribution in [3.63, 3.8) is 0 Å². The van der Waals surface area contributed by atoms with Crippen LogP contribution >= 0.6 is 15.9 Å². The van der Waals surface area contributed by atoms with E-state index >= 15 is 0 Å². The molecule has 0 aromatic heterocycles. The SMILES string of the molecule is Cc1cc(Br)cc(C)c1NCc1cccc2c1OCO2. The van der Waals surface area contributed by atoms with Crippen molar-refractivity contribution in [1.29, 1.82) is 0 Å². The Morgan fingerprint density at radius 3 is 2.65 bits per heavy atom. The van der Waals surface area contributed by atoms with Crippen molar-refractivity contribution in [2.45, 2.75) is 20.4 Å². The number of benzene rings is 2. The second kappa shape index (κ2) is 5.37. The molecule has 3 rings (SSSR count). The third-order valence-corrected chi connectivity index (χ3v) is 3.89. The Kier molecular flexibility index (Phi) is 3.57. The normalized spacial score (nSPS) is 12.6. The minimum absolute atomic E-state index is 0.308. The fourth-order valence-corrected chi connectivity index (χ4v) is 3.19. The monoisotopic (exact) mass is 333 g/mol. The van der Waals surface area contributed by atoms with Crippen LogP contribution in [-0.2, 0) is 6.54 Å². The van der Waals surface area contributed by atoms with Crippen molar-refractivity contribution in [1.82, 2.24) is 0 Å². The Morgan fingerprint density at radius 2 is 1.90 bits per heavy atom. The third kappa shape index (κ3) is 2.48. The Morgan fingerprint density at radius 1 is 1.15 bits per heavy atom. The molecule has 20 heavy (non-hydrogen) atoms. The van der Waals surface area contributed by atoms with Gasteiger partial charge in [0, 0.05) is 22.3 Å². The molecule has 104 valence electrons. The Balaban J connectivity index is 1.83. The standard InChI is InChI=1S/C16H16BrNO2/c1-10-6-13(17)7-11(2)15(10)18-8-12-4-3-5-14-16(12)20-9-19-14/h3-7,18H,8-9H2,1-2H3. The maximum Gasteiger partial charge on any atom is 0.231 e. The number of fused-ring (bicyclic) bond motifs is 1. The Hall–Kier alpha value is -1.68. The van der Waals surface area contributed by atoms with Gasteiger partial charge in [-0.25, -0.2) is 0 Å². The van der Waals surface area contributed by atoms with Gasteiger partial charge in [-0.05, 0) is 43.2 Å². The van der Waals surface area contributed by atoms with Crippen LogP contribution in [0.1, 0.15) is 16.7 Å². The number of anilines is 1. The largest absolute Gasteiger partial charge is 0.454 e. The number of aryl methyl sites for hydroxylation is 2. The van der Waals surface area contributed by atoms with Crippen molar-refractivity contribution < 1.29 is 9.47 Å². The summed E-state index contributed by atoms with van der Waals surface area (Å²) in [7, 11) is 0. The first-order chi connectivity index (χ1) is 9.65. The maximum atomic E-state index is 5.53. The highest BCUT2D eigenvalue weighted by Crippen LogP contribution is 2.36. The number of para-hydroxylation sites is 1. The first kappa shape index (κ1) is 13.3. The summed E-state index contributed by atoms with van der Waals surface area (Å²) in [6.07, 6.45) is 0. The third-order valence-electron chi connectivity index (χ3n) is 3.43. The second-order valence-electron chi connectivity index (χ2n) is 4.92. The van der Waals surface area contributed by atoms with E-state index in [9.17, 15) is 0 Å². The fraction of sp³-hybridized carbons (Fsp3) is 0.250. The van der Waals surface area contributed by atoms with Crippen LogP contribution in [0.5, 0.6) is 11.5 Å². The molecular weight excluding hydrogens is 318 g/mol. The van der Waals surface area contributed by atoms with Gasteiger partial charge in [0.15, 0.2) is 11.5 Å². The molecule has 4 heteroatoms. The van der Waals surface area contributed by atoms with E-state index in [4.69, 9.17) is 9.47 Å². The van der Waals surface area contributed by atoms with Crippen LogP contribution in [0.3, 0.4) is 0 Å². The second-order valence-corrected chi connectivity index (χ2v) is 5.83. The van der Waals surface area contributed by atoms with Gasteiger partial charge in [0.2, 0.25) is 6.79 Å². The predicted octanol–water partition coefficient (Wildman–Crippen LogP) is 4.41. The van der Waals surface area contributed by atoms with Gasteiger partial charge in [-0.15, -0.1) is 0 Å². The van der Waals surface area contributed by atoms with Gasteiger partial charge < -0.3 is 14.8 Å². The van der Waals surface area contributed by atoms with Gasteiger partial charge in [0.1, 0.15) is 0 Å². The smallest absolute Gasteiger partial charge is 0.231 e. The van der Waals surface area contributed by atoms with E-state index in [1.165, 1.54) is 16.8 Å². The zero-order valence-corrected chi connectivity index (χ0v) is 13.1. The lowest BCUT2D eigenvalue weighted by molar-refractivity contribution is 0.173. The summed E-state index contributed by atoms with van der Waals surface area (Å²) < 4.78 is 12.0. The van der Waals surface area contributed by atoms with Crippen LogP contribution in [0.4, 0.5) is 5.69 Å². The highest BCUT2D eigenvalue weighted by molar-refractivity contribution is 9.10. The highest BCUT2D eigenvalue weighted by atomic mass is 79.9. The van der Waals surface area contributed by atoms with Crippen LogP contribution in [-0.4, -0.2) is 6.79 Å². The first-order valence-corrected chi connectivity index (χ1v) is 7.32. The molecule has 1 aliphatic rings. The van der Waals surface area contributed by atoms with Gasteiger partial charge in [-0.2, -0.15) is 0 Å². The van der Waals surface area contributed by atoms with E-state index in [2.05, 4.69) is 53.3 Å². The van der Waals surface area contributed by atoms with Gasteiger partial charge in [-0.3, -0.25) is 0 Å². The zero-order chi connectivity index (χ0) is 14.1. The lowest BCUT2D eigenvalue weighted by Gasteiger charge is -2.14. The maximum absolute atomic E-state index is 5.53. The predicted molar refractivity (Wildman–Crippen MR) is 83.5 cm³/mol. The van der Waals surface area contributed by atoms with Crippen molar-refractivity contribution >= 4 is 21.6 Å². The molecular formula is C16H16BrNO2. The molecule has 1 aliphatic heterocycles. The first-order valence-electron chi connectivity index (χ1n) is 6.53. The molecule has 2 aromatic carbocycles.